The summed E-state index contributed by atoms with van der Waals surface area (Å²) >= 11 is 0. The van der Waals surface area contributed by atoms with Gasteiger partial charge in [-0.05, 0) is 37.8 Å². The van der Waals surface area contributed by atoms with Crippen molar-refractivity contribution in [2.24, 2.45) is 0 Å². The summed E-state index contributed by atoms with van der Waals surface area (Å²) in [6, 6.07) is 1.94. The molecule has 0 bridgehead atoms. The molecule has 9 heterocycles. The van der Waals surface area contributed by atoms with Crippen LogP contribution in [0.1, 0.15) is 233 Å². The van der Waals surface area contributed by atoms with E-state index in [1.54, 1.807) is 43.6 Å². The summed E-state index contributed by atoms with van der Waals surface area (Å²) in [4.78, 5) is 26.8. The van der Waals surface area contributed by atoms with E-state index in [1.807, 2.05) is 56.3 Å². The number of H-pyrrole nitrogens is 4. The molecule has 21 nitrogen and oxygen atoms in total. The van der Waals surface area contributed by atoms with Crippen molar-refractivity contribution in [3.63, 3.8) is 0 Å². The molecule has 4 N–H and O–H groups in total. The summed E-state index contributed by atoms with van der Waals surface area (Å²) in [5, 5.41) is 31.1. The van der Waals surface area contributed by atoms with Gasteiger partial charge in [-0.1, -0.05) is 171 Å². The number of oxazole rings is 3. The maximum atomic E-state index is 5.09. The Bertz CT molecular complexity index is 2170. The Labute approximate surface area is 483 Å². The van der Waals surface area contributed by atoms with Crippen molar-refractivity contribution in [1.29, 1.82) is 0 Å². The Morgan fingerprint density at radius 3 is 1.37 bits per heavy atom. The molecule has 0 saturated heterocycles. The molecule has 9 rings (SSSR count). The van der Waals surface area contributed by atoms with E-state index in [2.05, 4.69) is 247 Å². The minimum Gasteiger partial charge on any atom is -0.451 e. The number of aromatic nitrogens is 17. The SMILES string of the molecule is CC(C)(C)c1cn[nH]c1.CC(C)(C)c1cn[nH]n1.CC(C)(C)c1cnc[nH]1.CC(C)(C)c1cnco1.CC(C)(C)c1cocn1.CC(C)(C)c1ncco1.CC(C)(C)c1ncn[nH]1.CC(C)(C)c1ncno1.CC(C)(C)n1cccn1. The topological polar surface area (TPSA) is 275 Å². The molecule has 0 aliphatic heterocycles. The summed E-state index contributed by atoms with van der Waals surface area (Å²) in [6.45, 7) is 56.8. The number of hydrogen-bond acceptors (Lipinski definition) is 16. The molecular formula is C60H101N17O4. The Morgan fingerprint density at radius 1 is 0.506 bits per heavy atom. The van der Waals surface area contributed by atoms with Crippen LogP contribution in [-0.2, 0) is 48.9 Å². The first-order valence-electron chi connectivity index (χ1n) is 27.1. The number of imidazole rings is 1. The highest BCUT2D eigenvalue weighted by atomic mass is 16.5. The zero-order chi connectivity index (χ0) is 62.2. The normalized spacial score (nSPS) is 11.9. The molecule has 0 atom stereocenters. The monoisotopic (exact) mass is 1120 g/mol. The maximum Gasteiger partial charge on any atom is 0.231 e. The van der Waals surface area contributed by atoms with E-state index in [1.165, 1.54) is 36.7 Å². The van der Waals surface area contributed by atoms with Gasteiger partial charge in [-0.3, -0.25) is 14.9 Å². The Kier molecular flexibility index (Phi) is 27.5. The molecule has 0 amide bonds. The van der Waals surface area contributed by atoms with Crippen molar-refractivity contribution in [3.05, 3.63) is 146 Å². The number of nitrogens with zero attached hydrogens (tertiary/aromatic N) is 13. The van der Waals surface area contributed by atoms with Gasteiger partial charge in [0, 0.05) is 68.4 Å². The first-order valence-corrected chi connectivity index (χ1v) is 27.1. The van der Waals surface area contributed by atoms with Crippen molar-refractivity contribution in [1.82, 2.24) is 85.6 Å². The minimum absolute atomic E-state index is 0.0174. The Balaban J connectivity index is 0.000000456. The van der Waals surface area contributed by atoms with E-state index >= 15 is 0 Å². The molecule has 0 saturated carbocycles. The average Bonchev–Trinajstić information content (AvgIpc) is 4.21. The van der Waals surface area contributed by atoms with Crippen molar-refractivity contribution in [2.75, 3.05) is 0 Å². The van der Waals surface area contributed by atoms with Gasteiger partial charge in [0.15, 0.2) is 25.0 Å². The lowest BCUT2D eigenvalue weighted by Gasteiger charge is -2.18. The second kappa shape index (κ2) is 31.0. The van der Waals surface area contributed by atoms with Crippen LogP contribution < -0.4 is 0 Å². The van der Waals surface area contributed by atoms with E-state index in [9.17, 15) is 0 Å². The van der Waals surface area contributed by atoms with Crippen LogP contribution in [0.5, 0.6) is 0 Å². The van der Waals surface area contributed by atoms with Gasteiger partial charge < -0.3 is 22.8 Å². The molecule has 0 unspecified atom stereocenters. The lowest BCUT2D eigenvalue weighted by Crippen LogP contribution is -2.21. The fourth-order valence-electron chi connectivity index (χ4n) is 5.39. The molecule has 0 aliphatic rings. The Morgan fingerprint density at radius 2 is 1.15 bits per heavy atom. The fourth-order valence-corrected chi connectivity index (χ4v) is 5.39. The van der Waals surface area contributed by atoms with Gasteiger partial charge in [-0.25, -0.2) is 24.9 Å². The third-order valence-corrected chi connectivity index (χ3v) is 10.6. The van der Waals surface area contributed by atoms with Crippen molar-refractivity contribution >= 4 is 0 Å². The summed E-state index contributed by atoms with van der Waals surface area (Å²) < 4.78 is 21.8. The lowest BCUT2D eigenvalue weighted by molar-refractivity contribution is 0.320. The molecule has 0 aromatic carbocycles. The molecular weight excluding hydrogens is 1020 g/mol. The van der Waals surface area contributed by atoms with Crippen LogP contribution in [0.4, 0.5) is 0 Å². The first kappa shape index (κ1) is 71.7. The van der Waals surface area contributed by atoms with Crippen LogP contribution in [0.15, 0.2) is 118 Å². The molecule has 0 aliphatic carbocycles. The molecule has 450 valence electrons. The second-order valence-electron chi connectivity index (χ2n) is 28.1. The van der Waals surface area contributed by atoms with E-state index in [4.69, 9.17) is 17.8 Å². The van der Waals surface area contributed by atoms with Crippen LogP contribution in [0, 0.1) is 0 Å². The molecule has 0 radical (unpaired) electrons. The van der Waals surface area contributed by atoms with Gasteiger partial charge in [-0.2, -0.15) is 35.7 Å². The largest absolute Gasteiger partial charge is 0.451 e. The smallest absolute Gasteiger partial charge is 0.231 e. The van der Waals surface area contributed by atoms with Crippen LogP contribution in [0.25, 0.3) is 0 Å². The number of rotatable bonds is 0. The quantitative estimate of drug-likeness (QED) is 0.110. The molecule has 81 heavy (non-hydrogen) atoms. The highest BCUT2D eigenvalue weighted by Gasteiger charge is 2.21. The second-order valence-corrected chi connectivity index (χ2v) is 28.1. The zero-order valence-electron chi connectivity index (χ0n) is 54.2. The van der Waals surface area contributed by atoms with Gasteiger partial charge in [0.05, 0.1) is 48.0 Å². The fraction of sp³-hybridized carbons (Fsp3) is 0.600. The van der Waals surface area contributed by atoms with E-state index in [0.29, 0.717) is 5.89 Å². The first-order chi connectivity index (χ1) is 36.9. The van der Waals surface area contributed by atoms with Crippen LogP contribution in [0.3, 0.4) is 0 Å². The van der Waals surface area contributed by atoms with Crippen LogP contribution >= 0.6 is 0 Å². The van der Waals surface area contributed by atoms with Crippen molar-refractivity contribution < 1.29 is 17.8 Å². The van der Waals surface area contributed by atoms with Gasteiger partial charge >= 0.3 is 0 Å². The summed E-state index contributed by atoms with van der Waals surface area (Å²) in [5.74, 6) is 3.34. The van der Waals surface area contributed by atoms with E-state index < -0.39 is 0 Å². The van der Waals surface area contributed by atoms with Crippen molar-refractivity contribution in [2.45, 2.75) is 236 Å². The van der Waals surface area contributed by atoms with Crippen LogP contribution in [0.2, 0.25) is 0 Å². The highest BCUT2D eigenvalue weighted by Crippen LogP contribution is 2.23. The van der Waals surface area contributed by atoms with Gasteiger partial charge in [-0.15, -0.1) is 0 Å². The minimum atomic E-state index is -0.0174. The van der Waals surface area contributed by atoms with Crippen LogP contribution in [-0.4, -0.2) is 85.6 Å². The number of aromatic amines is 4. The van der Waals surface area contributed by atoms with Gasteiger partial charge in [0.1, 0.15) is 30.4 Å². The third-order valence-electron chi connectivity index (χ3n) is 10.6. The standard InChI is InChI=1S/3C7H12N2.3C7H11NO.2C6H11N3.C6H10N2O/c1-7(2,3)6-4-8-5-9-6;1-7(2,3)6-4-8-9-5-6;1-7(2,3)9-6-4-5-8-9;1-7(2,3)6-4-9-5-8-6;1-7(2,3)6-4-8-5-9-6;1-7(2,3)6-8-4-5-9-6;1-6(2,3)5-7-4-8-9-5;1-6(2,3)5-4-7-9-8-5;1-6(2,3)5-7-4-8-9-5/h2*4-5H,1-3H3,(H,8,9);4-6H,1-3H3;3*4-5H,1-3H3;2*4H,1-3H3,(H,7,8,9);4H,1-3H3. The summed E-state index contributed by atoms with van der Waals surface area (Å²) in [7, 11) is 0. The maximum absolute atomic E-state index is 5.09. The number of hydrogen-bond donors (Lipinski definition) is 4. The summed E-state index contributed by atoms with van der Waals surface area (Å²) in [5.41, 5.74) is 5.45. The van der Waals surface area contributed by atoms with Gasteiger partial charge in [0.2, 0.25) is 5.89 Å². The zero-order valence-corrected chi connectivity index (χ0v) is 54.2. The molecule has 0 spiro atoms. The molecule has 21 heteroatoms. The highest BCUT2D eigenvalue weighted by molar-refractivity contribution is 5.14. The molecule has 9 aromatic rings. The van der Waals surface area contributed by atoms with Crippen molar-refractivity contribution in [3.8, 4) is 0 Å². The van der Waals surface area contributed by atoms with Gasteiger partial charge in [0.25, 0.3) is 0 Å². The lowest BCUT2D eigenvalue weighted by atomic mass is 9.90. The van der Waals surface area contributed by atoms with E-state index in [0.717, 1.165) is 28.9 Å². The summed E-state index contributed by atoms with van der Waals surface area (Å²) in [6.07, 6.45) is 25.4. The molecule has 0 fully saturated rings. The third kappa shape index (κ3) is 30.2. The predicted molar refractivity (Wildman–Crippen MR) is 321 cm³/mol. The molecule has 9 aromatic heterocycles. The predicted octanol–water partition coefficient (Wildman–Crippen LogP) is 14.5. The Hall–Kier alpha value is -7.32. The number of nitrogens with one attached hydrogen (secondary N) is 4. The van der Waals surface area contributed by atoms with E-state index in [-0.39, 0.29) is 48.9 Å². The average molecular weight is 1120 g/mol.